The van der Waals surface area contributed by atoms with Gasteiger partial charge in [-0.05, 0) is 63.2 Å². The maximum Gasteiger partial charge on any atom is 0.184 e. The van der Waals surface area contributed by atoms with E-state index in [1.165, 1.54) is 6.08 Å². The number of allylic oxidation sites excluding steroid dienone is 4. The van der Waals surface area contributed by atoms with Gasteiger partial charge in [0.2, 0.25) is 0 Å². The van der Waals surface area contributed by atoms with Gasteiger partial charge in [-0.2, -0.15) is 0 Å². The molecule has 0 aliphatic heterocycles. The van der Waals surface area contributed by atoms with E-state index >= 15 is 4.39 Å². The quantitative estimate of drug-likeness (QED) is 0.618. The second-order valence-corrected chi connectivity index (χ2v) is 11.3. The van der Waals surface area contributed by atoms with E-state index in [-0.39, 0.29) is 32.9 Å². The number of halogens is 1. The first-order valence-electron chi connectivity index (χ1n) is 9.45. The summed E-state index contributed by atoms with van der Waals surface area (Å²) in [4.78, 5) is 25.2. The lowest BCUT2D eigenvalue weighted by molar-refractivity contribution is -0.164. The third-order valence-electron chi connectivity index (χ3n) is 8.11. The SMILES string of the molecule is CSC1(SC)CC[C@H]2[C@@H]3CCC4=CC(=O)C=C[C@]4(C)C3(F)C(=O)C[C@@]21C. The summed E-state index contributed by atoms with van der Waals surface area (Å²) in [7, 11) is 0. The van der Waals surface area contributed by atoms with Crippen LogP contribution in [0.3, 0.4) is 0 Å². The van der Waals surface area contributed by atoms with Crippen LogP contribution in [-0.4, -0.2) is 33.8 Å². The van der Waals surface area contributed by atoms with Gasteiger partial charge >= 0.3 is 0 Å². The molecule has 26 heavy (non-hydrogen) atoms. The lowest BCUT2D eigenvalue weighted by atomic mass is 9.46. The molecule has 3 saturated carbocycles. The van der Waals surface area contributed by atoms with Crippen LogP contribution in [0.1, 0.15) is 46.0 Å². The summed E-state index contributed by atoms with van der Waals surface area (Å²) in [5.74, 6) is -0.371. The fourth-order valence-electron chi connectivity index (χ4n) is 6.64. The van der Waals surface area contributed by atoms with Crippen LogP contribution in [0.15, 0.2) is 23.8 Å². The van der Waals surface area contributed by atoms with E-state index in [1.54, 1.807) is 12.2 Å². The van der Waals surface area contributed by atoms with E-state index in [2.05, 4.69) is 19.4 Å². The van der Waals surface area contributed by atoms with Crippen LogP contribution in [0.4, 0.5) is 4.39 Å². The summed E-state index contributed by atoms with van der Waals surface area (Å²) < 4.78 is 16.7. The minimum Gasteiger partial charge on any atom is -0.296 e. The molecule has 2 nitrogen and oxygen atoms in total. The molecular formula is C21H27FO2S2. The summed E-state index contributed by atoms with van der Waals surface area (Å²) in [5.41, 5.74) is -2.22. The third kappa shape index (κ3) is 1.97. The molecule has 0 bridgehead atoms. The molecule has 142 valence electrons. The van der Waals surface area contributed by atoms with Crippen molar-refractivity contribution in [2.24, 2.45) is 22.7 Å². The Morgan fingerprint density at radius 2 is 1.81 bits per heavy atom. The van der Waals surface area contributed by atoms with Crippen LogP contribution in [0.25, 0.3) is 0 Å². The number of thioether (sulfide) groups is 2. The minimum atomic E-state index is -1.88. The summed E-state index contributed by atoms with van der Waals surface area (Å²) in [6.07, 6.45) is 12.7. The number of hydrogen-bond donors (Lipinski definition) is 0. The number of hydrogen-bond acceptors (Lipinski definition) is 4. The highest BCUT2D eigenvalue weighted by Crippen LogP contribution is 2.72. The zero-order valence-electron chi connectivity index (χ0n) is 15.9. The molecule has 0 aromatic rings. The Labute approximate surface area is 163 Å². The predicted molar refractivity (Wildman–Crippen MR) is 107 cm³/mol. The topological polar surface area (TPSA) is 34.1 Å². The van der Waals surface area contributed by atoms with Crippen LogP contribution in [0.5, 0.6) is 0 Å². The van der Waals surface area contributed by atoms with Crippen molar-refractivity contribution in [3.05, 3.63) is 23.8 Å². The minimum absolute atomic E-state index is 0.00987. The predicted octanol–water partition coefficient (Wildman–Crippen LogP) is 4.99. The molecule has 5 heteroatoms. The van der Waals surface area contributed by atoms with Gasteiger partial charge in [0, 0.05) is 23.2 Å². The Morgan fingerprint density at radius 3 is 2.46 bits per heavy atom. The number of alkyl halides is 1. The first-order valence-corrected chi connectivity index (χ1v) is 11.9. The highest BCUT2D eigenvalue weighted by Gasteiger charge is 2.73. The molecule has 0 amide bonds. The average Bonchev–Trinajstić information content (AvgIpc) is 2.89. The summed E-state index contributed by atoms with van der Waals surface area (Å²) in [6, 6.07) is 0. The van der Waals surface area contributed by atoms with Gasteiger partial charge in [-0.15, -0.1) is 23.5 Å². The number of carbonyl (C=O) groups excluding carboxylic acids is 2. The lowest BCUT2D eigenvalue weighted by Gasteiger charge is -2.60. The standard InChI is InChI=1S/C21H27FO2S2/c1-18-9-7-14(23)11-13(18)5-6-16-15-8-10-20(25-3,26-4)19(15,2)12-17(24)21(16,18)22/h7,9,11,15-16H,5-6,8,10,12H2,1-4H3/t15-,16-,18-,19-,21?/m0/s1. The molecule has 0 saturated heterocycles. The van der Waals surface area contributed by atoms with Gasteiger partial charge in [0.25, 0.3) is 0 Å². The number of carbonyl (C=O) groups is 2. The van der Waals surface area contributed by atoms with Crippen molar-refractivity contribution >= 4 is 35.1 Å². The van der Waals surface area contributed by atoms with Crippen LogP contribution >= 0.6 is 23.5 Å². The fraction of sp³-hybridized carbons (Fsp3) is 0.714. The van der Waals surface area contributed by atoms with E-state index in [0.717, 1.165) is 18.4 Å². The highest BCUT2D eigenvalue weighted by atomic mass is 32.2. The molecule has 0 spiro atoms. The van der Waals surface area contributed by atoms with Gasteiger partial charge in [0.15, 0.2) is 17.2 Å². The van der Waals surface area contributed by atoms with Crippen LogP contribution in [-0.2, 0) is 9.59 Å². The maximum absolute atomic E-state index is 16.8. The third-order valence-corrected chi connectivity index (χ3v) is 11.8. The summed E-state index contributed by atoms with van der Waals surface area (Å²) >= 11 is 3.69. The molecule has 1 unspecified atom stereocenters. The Balaban J connectivity index is 1.83. The molecular weight excluding hydrogens is 367 g/mol. The second-order valence-electron chi connectivity index (χ2n) is 8.79. The highest BCUT2D eigenvalue weighted by molar-refractivity contribution is 8.17. The van der Waals surface area contributed by atoms with Crippen molar-refractivity contribution < 1.29 is 14.0 Å². The molecule has 0 heterocycles. The van der Waals surface area contributed by atoms with Gasteiger partial charge in [-0.1, -0.05) is 18.6 Å². The first-order chi connectivity index (χ1) is 12.2. The second kappa shape index (κ2) is 5.73. The fourth-order valence-corrected chi connectivity index (χ4v) is 9.33. The van der Waals surface area contributed by atoms with Crippen molar-refractivity contribution in [3.8, 4) is 0 Å². The lowest BCUT2D eigenvalue weighted by Crippen LogP contribution is -2.66. The number of Topliss-reactive ketones (excluding diaryl/α,β-unsaturated/α-hetero) is 1. The van der Waals surface area contributed by atoms with Crippen LogP contribution in [0, 0.1) is 22.7 Å². The Hall–Kier alpha value is -0.550. The van der Waals surface area contributed by atoms with Gasteiger partial charge in [-0.3, -0.25) is 9.59 Å². The Morgan fingerprint density at radius 1 is 1.12 bits per heavy atom. The van der Waals surface area contributed by atoms with E-state index < -0.39 is 11.1 Å². The van der Waals surface area contributed by atoms with Crippen molar-refractivity contribution in [2.45, 2.75) is 55.7 Å². The molecule has 0 N–H and O–H groups in total. The Kier molecular flexibility index (Phi) is 4.14. The van der Waals surface area contributed by atoms with Gasteiger partial charge in [0.1, 0.15) is 0 Å². The van der Waals surface area contributed by atoms with Crippen LogP contribution in [0.2, 0.25) is 0 Å². The Bertz CT molecular complexity index is 740. The first kappa shape index (κ1) is 18.8. The van der Waals surface area contributed by atoms with E-state index in [0.29, 0.717) is 19.3 Å². The summed E-state index contributed by atoms with van der Waals surface area (Å²) in [6.45, 7) is 4.06. The van der Waals surface area contributed by atoms with Gasteiger partial charge < -0.3 is 0 Å². The van der Waals surface area contributed by atoms with E-state index in [9.17, 15) is 9.59 Å². The maximum atomic E-state index is 16.8. The molecule has 0 aromatic heterocycles. The van der Waals surface area contributed by atoms with Crippen molar-refractivity contribution in [1.29, 1.82) is 0 Å². The zero-order valence-corrected chi connectivity index (χ0v) is 17.6. The molecule has 0 aromatic carbocycles. The van der Waals surface area contributed by atoms with Gasteiger partial charge in [-0.25, -0.2) is 4.39 Å². The molecule has 5 atom stereocenters. The normalized spacial score (nSPS) is 46.4. The molecule has 4 aliphatic carbocycles. The van der Waals surface area contributed by atoms with Crippen LogP contribution < -0.4 is 0 Å². The molecule has 3 fully saturated rings. The van der Waals surface area contributed by atoms with Gasteiger partial charge in [0.05, 0.1) is 4.08 Å². The van der Waals surface area contributed by atoms with Crippen molar-refractivity contribution in [1.82, 2.24) is 0 Å². The van der Waals surface area contributed by atoms with E-state index in [1.807, 2.05) is 30.4 Å². The average molecular weight is 395 g/mol. The van der Waals surface area contributed by atoms with Crippen molar-refractivity contribution in [2.75, 3.05) is 12.5 Å². The number of fused-ring (bicyclic) bond motifs is 5. The number of ketones is 2. The molecule has 4 rings (SSSR count). The molecule has 0 radical (unpaired) electrons. The smallest absolute Gasteiger partial charge is 0.184 e. The monoisotopic (exact) mass is 394 g/mol. The van der Waals surface area contributed by atoms with E-state index in [4.69, 9.17) is 0 Å². The largest absolute Gasteiger partial charge is 0.296 e. The zero-order chi connectivity index (χ0) is 19.0. The summed E-state index contributed by atoms with van der Waals surface area (Å²) in [5, 5.41) is 0. The molecule has 4 aliphatic rings. The van der Waals surface area contributed by atoms with Crippen molar-refractivity contribution in [3.63, 3.8) is 0 Å². The number of rotatable bonds is 2.